The van der Waals surface area contributed by atoms with Crippen LogP contribution in [0.1, 0.15) is 51.9 Å². The van der Waals surface area contributed by atoms with Gasteiger partial charge in [0.2, 0.25) is 5.91 Å². The number of hydrogen-bond donors (Lipinski definition) is 3. The van der Waals surface area contributed by atoms with E-state index < -0.39 is 12.3 Å². The molecule has 3 N–H and O–H groups in total. The lowest BCUT2D eigenvalue weighted by molar-refractivity contribution is -0.124. The van der Waals surface area contributed by atoms with E-state index in [9.17, 15) is 13.6 Å². The molecule has 144 valence electrons. The molecule has 0 bridgehead atoms. The fourth-order valence-electron chi connectivity index (χ4n) is 4.54. The van der Waals surface area contributed by atoms with Gasteiger partial charge in [-0.15, -0.1) is 0 Å². The topological polar surface area (TPSA) is 56.4 Å². The first-order valence-electron chi connectivity index (χ1n) is 9.86. The number of amides is 1. The number of nitrogens with one attached hydrogen (secondary N) is 3. The van der Waals surface area contributed by atoms with Crippen molar-refractivity contribution in [1.29, 1.82) is 0 Å². The summed E-state index contributed by atoms with van der Waals surface area (Å²) in [5.41, 5.74) is 3.22. The van der Waals surface area contributed by atoms with Gasteiger partial charge in [0.1, 0.15) is 18.4 Å². The van der Waals surface area contributed by atoms with E-state index in [0.29, 0.717) is 18.8 Å². The Labute approximate surface area is 149 Å². The second kappa shape index (κ2) is 8.73. The van der Waals surface area contributed by atoms with Crippen molar-refractivity contribution in [2.75, 3.05) is 19.6 Å². The van der Waals surface area contributed by atoms with E-state index in [2.05, 4.69) is 28.0 Å². The van der Waals surface area contributed by atoms with Gasteiger partial charge < -0.3 is 5.32 Å². The highest BCUT2D eigenvalue weighted by Crippen LogP contribution is 2.34. The first kappa shape index (κ1) is 19.0. The summed E-state index contributed by atoms with van der Waals surface area (Å²) in [7, 11) is 0. The Morgan fingerprint density at radius 2 is 1.88 bits per heavy atom. The van der Waals surface area contributed by atoms with Crippen LogP contribution in [0.3, 0.4) is 0 Å². The maximum atomic E-state index is 13.5. The molecule has 0 aromatic heterocycles. The van der Waals surface area contributed by atoms with Gasteiger partial charge in [-0.2, -0.15) is 0 Å². The molecule has 0 spiro atoms. The van der Waals surface area contributed by atoms with Crippen molar-refractivity contribution in [3.05, 3.63) is 0 Å². The minimum Gasteiger partial charge on any atom is -0.339 e. The molecule has 1 aliphatic carbocycles. The quantitative estimate of drug-likeness (QED) is 0.703. The van der Waals surface area contributed by atoms with Crippen molar-refractivity contribution in [2.45, 2.75) is 76.4 Å². The Balaban J connectivity index is 1.36. The number of alkyl halides is 2. The van der Waals surface area contributed by atoms with Crippen LogP contribution in [0.4, 0.5) is 8.78 Å². The Bertz CT molecular complexity index is 435. The molecule has 0 aromatic rings. The molecule has 3 aliphatic rings. The lowest BCUT2D eigenvalue weighted by Crippen LogP contribution is -2.54. The Kier molecular flexibility index (Phi) is 6.63. The Morgan fingerprint density at radius 1 is 1.12 bits per heavy atom. The molecule has 5 nitrogen and oxygen atoms in total. The molecule has 0 aromatic carbocycles. The lowest BCUT2D eigenvalue weighted by atomic mass is 9.79. The third-order valence-electron chi connectivity index (χ3n) is 5.91. The zero-order chi connectivity index (χ0) is 17.8. The van der Waals surface area contributed by atoms with E-state index in [1.165, 1.54) is 0 Å². The summed E-state index contributed by atoms with van der Waals surface area (Å²) in [5, 5.41) is 8.55. The smallest absolute Gasteiger partial charge is 0.239 e. The molecule has 2 aliphatic heterocycles. The zero-order valence-corrected chi connectivity index (χ0v) is 15.1. The maximum absolute atomic E-state index is 13.5. The van der Waals surface area contributed by atoms with Crippen LogP contribution < -0.4 is 16.1 Å². The van der Waals surface area contributed by atoms with Crippen molar-refractivity contribution in [1.82, 2.24) is 21.1 Å². The summed E-state index contributed by atoms with van der Waals surface area (Å²) in [5.74, 6) is 0.676. The third kappa shape index (κ3) is 5.34. The number of nitrogens with zero attached hydrogens (tertiary/aromatic N) is 1. The molecule has 0 radical (unpaired) electrons. The molecule has 5 atom stereocenters. The molecule has 25 heavy (non-hydrogen) atoms. The Morgan fingerprint density at radius 3 is 2.48 bits per heavy atom. The highest BCUT2D eigenvalue weighted by Gasteiger charge is 2.33. The fourth-order valence-corrected chi connectivity index (χ4v) is 4.54. The van der Waals surface area contributed by atoms with Crippen LogP contribution in [0.2, 0.25) is 0 Å². The molecular formula is C18H32F2N4O. The number of carbonyl (C=O) groups excluding carboxylic acids is 1. The maximum Gasteiger partial charge on any atom is 0.239 e. The van der Waals surface area contributed by atoms with Crippen LogP contribution in [0.5, 0.6) is 0 Å². The van der Waals surface area contributed by atoms with Crippen molar-refractivity contribution < 1.29 is 13.6 Å². The first-order valence-corrected chi connectivity index (χ1v) is 9.86. The van der Waals surface area contributed by atoms with Crippen LogP contribution in [0.15, 0.2) is 0 Å². The molecule has 1 saturated carbocycles. The van der Waals surface area contributed by atoms with Gasteiger partial charge in [-0.25, -0.2) is 19.2 Å². The van der Waals surface area contributed by atoms with Gasteiger partial charge in [0.15, 0.2) is 0 Å². The predicted molar refractivity (Wildman–Crippen MR) is 93.2 cm³/mol. The molecule has 2 saturated heterocycles. The monoisotopic (exact) mass is 358 g/mol. The normalized spacial score (nSPS) is 40.1. The van der Waals surface area contributed by atoms with E-state index >= 15 is 0 Å². The zero-order valence-electron chi connectivity index (χ0n) is 15.1. The van der Waals surface area contributed by atoms with E-state index in [-0.39, 0.29) is 30.5 Å². The van der Waals surface area contributed by atoms with Gasteiger partial charge in [0.25, 0.3) is 0 Å². The summed E-state index contributed by atoms with van der Waals surface area (Å²) in [6, 6.07) is -0.135. The van der Waals surface area contributed by atoms with Gasteiger partial charge in [-0.3, -0.25) is 10.1 Å². The SMILES string of the molecule is CCN1CCC(C(=O)NC2CCC(CC3CC(F)CC(F)C3)CN2)N1. The average Bonchev–Trinajstić information content (AvgIpc) is 3.05. The van der Waals surface area contributed by atoms with Gasteiger partial charge in [0, 0.05) is 19.5 Å². The lowest BCUT2D eigenvalue weighted by Gasteiger charge is -2.35. The van der Waals surface area contributed by atoms with Gasteiger partial charge in [-0.05, 0) is 56.9 Å². The highest BCUT2D eigenvalue weighted by atomic mass is 19.1. The number of hydrazine groups is 1. The summed E-state index contributed by atoms with van der Waals surface area (Å²) in [4.78, 5) is 12.3. The summed E-state index contributed by atoms with van der Waals surface area (Å²) in [6.45, 7) is 4.68. The van der Waals surface area contributed by atoms with Crippen molar-refractivity contribution in [2.24, 2.45) is 11.8 Å². The summed E-state index contributed by atoms with van der Waals surface area (Å²) >= 11 is 0. The molecule has 2 heterocycles. The largest absolute Gasteiger partial charge is 0.339 e. The van der Waals surface area contributed by atoms with Crippen LogP contribution in [0, 0.1) is 11.8 Å². The molecule has 1 amide bonds. The van der Waals surface area contributed by atoms with Gasteiger partial charge >= 0.3 is 0 Å². The number of halogens is 2. The molecule has 3 rings (SSSR count). The predicted octanol–water partition coefficient (Wildman–Crippen LogP) is 1.89. The first-order chi connectivity index (χ1) is 12.0. The average molecular weight is 358 g/mol. The van der Waals surface area contributed by atoms with Crippen LogP contribution in [0.25, 0.3) is 0 Å². The summed E-state index contributed by atoms with van der Waals surface area (Å²) in [6.07, 6.45) is 2.78. The Hall–Kier alpha value is -0.790. The van der Waals surface area contributed by atoms with Crippen LogP contribution in [-0.2, 0) is 4.79 Å². The van der Waals surface area contributed by atoms with Crippen molar-refractivity contribution >= 4 is 5.91 Å². The third-order valence-corrected chi connectivity index (χ3v) is 5.91. The number of piperidine rings is 1. The molecule has 7 heteroatoms. The second-order valence-corrected chi connectivity index (χ2v) is 7.97. The molecular weight excluding hydrogens is 326 g/mol. The molecule has 3 fully saturated rings. The van der Waals surface area contributed by atoms with Crippen LogP contribution >= 0.6 is 0 Å². The number of carbonyl (C=O) groups is 1. The standard InChI is InChI=1S/C18H32F2N4O/c1-2-24-6-5-16(23-24)18(25)22-17-4-3-12(11-21-17)7-13-8-14(19)10-15(20)9-13/h12-17,21,23H,2-11H2,1H3,(H,22,25). The highest BCUT2D eigenvalue weighted by molar-refractivity contribution is 5.82. The van der Waals surface area contributed by atoms with Crippen molar-refractivity contribution in [3.8, 4) is 0 Å². The van der Waals surface area contributed by atoms with E-state index in [1.807, 2.05) is 0 Å². The van der Waals surface area contributed by atoms with Gasteiger partial charge in [0.05, 0.1) is 6.17 Å². The van der Waals surface area contributed by atoms with E-state index in [1.54, 1.807) is 0 Å². The van der Waals surface area contributed by atoms with Gasteiger partial charge in [-0.1, -0.05) is 6.92 Å². The number of hydrogen-bond acceptors (Lipinski definition) is 4. The summed E-state index contributed by atoms with van der Waals surface area (Å²) < 4.78 is 27.1. The molecule has 5 unspecified atom stereocenters. The van der Waals surface area contributed by atoms with E-state index in [4.69, 9.17) is 0 Å². The van der Waals surface area contributed by atoms with Crippen LogP contribution in [-0.4, -0.2) is 55.1 Å². The van der Waals surface area contributed by atoms with Crippen molar-refractivity contribution in [3.63, 3.8) is 0 Å². The minimum atomic E-state index is -0.973. The second-order valence-electron chi connectivity index (χ2n) is 7.97. The fraction of sp³-hybridized carbons (Fsp3) is 0.944. The van der Waals surface area contributed by atoms with E-state index in [0.717, 1.165) is 45.3 Å². The number of rotatable bonds is 5. The minimum absolute atomic E-state index is 0.00966.